The van der Waals surface area contributed by atoms with E-state index in [1.807, 2.05) is 0 Å². The van der Waals surface area contributed by atoms with Crippen LogP contribution in [0.15, 0.2) is 24.3 Å². The van der Waals surface area contributed by atoms with Gasteiger partial charge < -0.3 is 4.79 Å². The Morgan fingerprint density at radius 3 is 2.67 bits per heavy atom. The molecule has 96 valence electrons. The third kappa shape index (κ3) is 2.92. The van der Waals surface area contributed by atoms with Crippen LogP contribution in [0.1, 0.15) is 24.8 Å². The summed E-state index contributed by atoms with van der Waals surface area (Å²) in [5.41, 5.74) is 1.11. The number of rotatable bonds is 4. The second kappa shape index (κ2) is 5.73. The zero-order valence-corrected chi connectivity index (χ0v) is 10.1. The third-order valence-corrected chi connectivity index (χ3v) is 3.35. The van der Waals surface area contributed by atoms with Gasteiger partial charge in [0.2, 0.25) is 0 Å². The fraction of sp³-hybridized carbons (Fsp3) is 0.462. The van der Waals surface area contributed by atoms with Crippen LogP contribution in [0.4, 0.5) is 5.69 Å². The number of nitrogens with zero attached hydrogens (tertiary/aromatic N) is 2. The van der Waals surface area contributed by atoms with Gasteiger partial charge in [0.05, 0.1) is 11.0 Å². The number of carbonyl (C=O) groups excluding carboxylic acids is 1. The van der Waals surface area contributed by atoms with Crippen LogP contribution in [0.2, 0.25) is 0 Å². The summed E-state index contributed by atoms with van der Waals surface area (Å²) in [5.74, 6) is 0. The molecular weight excluding hydrogens is 232 g/mol. The van der Waals surface area contributed by atoms with Crippen molar-refractivity contribution in [3.8, 4) is 0 Å². The number of carbonyl (C=O) groups is 1. The van der Waals surface area contributed by atoms with Crippen LogP contribution in [0.25, 0.3) is 0 Å². The van der Waals surface area contributed by atoms with Gasteiger partial charge in [-0.05, 0) is 24.9 Å². The molecule has 1 aliphatic heterocycles. The van der Waals surface area contributed by atoms with Crippen molar-refractivity contribution in [2.75, 3.05) is 6.54 Å². The molecule has 1 heterocycles. The molecule has 0 aromatic heterocycles. The van der Waals surface area contributed by atoms with E-state index in [0.717, 1.165) is 37.7 Å². The highest BCUT2D eigenvalue weighted by Gasteiger charge is 2.21. The lowest BCUT2D eigenvalue weighted by molar-refractivity contribution is -0.384. The molecule has 1 aromatic rings. The molecule has 1 unspecified atom stereocenters. The minimum atomic E-state index is -0.404. The minimum absolute atomic E-state index is 0.00561. The number of aldehydes is 1. The Morgan fingerprint density at radius 2 is 2.06 bits per heavy atom. The maximum Gasteiger partial charge on any atom is 0.269 e. The van der Waals surface area contributed by atoms with E-state index < -0.39 is 4.92 Å². The van der Waals surface area contributed by atoms with Crippen LogP contribution in [-0.4, -0.2) is 28.7 Å². The monoisotopic (exact) mass is 248 g/mol. The molecule has 1 aromatic carbocycles. The first kappa shape index (κ1) is 12.7. The molecule has 0 bridgehead atoms. The smallest absolute Gasteiger partial charge is 0.269 e. The van der Waals surface area contributed by atoms with Gasteiger partial charge in [-0.2, -0.15) is 0 Å². The first-order valence-electron chi connectivity index (χ1n) is 6.13. The molecule has 0 saturated carbocycles. The summed E-state index contributed by atoms with van der Waals surface area (Å²) in [4.78, 5) is 23.3. The van der Waals surface area contributed by atoms with Gasteiger partial charge in [0.25, 0.3) is 5.69 Å². The lowest BCUT2D eigenvalue weighted by Crippen LogP contribution is -2.39. The van der Waals surface area contributed by atoms with Gasteiger partial charge in [-0.3, -0.25) is 15.0 Å². The van der Waals surface area contributed by atoms with Crippen LogP contribution in [0.3, 0.4) is 0 Å². The van der Waals surface area contributed by atoms with Gasteiger partial charge in [-0.25, -0.2) is 0 Å². The van der Waals surface area contributed by atoms with Gasteiger partial charge in [0.15, 0.2) is 0 Å². The predicted octanol–water partition coefficient (Wildman–Crippen LogP) is 2.15. The molecular formula is C13H16N2O3. The van der Waals surface area contributed by atoms with Crippen LogP contribution in [-0.2, 0) is 11.3 Å². The largest absolute Gasteiger partial charge is 0.302 e. The van der Waals surface area contributed by atoms with Crippen molar-refractivity contribution in [1.82, 2.24) is 4.90 Å². The summed E-state index contributed by atoms with van der Waals surface area (Å²) in [6.07, 6.45) is 4.12. The van der Waals surface area contributed by atoms with E-state index in [-0.39, 0.29) is 11.7 Å². The van der Waals surface area contributed by atoms with E-state index in [1.165, 1.54) is 12.1 Å². The number of likely N-dealkylation sites (tertiary alicyclic amines) is 1. The van der Waals surface area contributed by atoms with Crippen molar-refractivity contribution in [3.05, 3.63) is 39.9 Å². The summed E-state index contributed by atoms with van der Waals surface area (Å²) in [6.45, 7) is 1.60. The average molecular weight is 248 g/mol. The average Bonchev–Trinajstić information content (AvgIpc) is 2.40. The quantitative estimate of drug-likeness (QED) is 0.465. The molecule has 1 aliphatic rings. The van der Waals surface area contributed by atoms with Gasteiger partial charge in [0.1, 0.15) is 6.29 Å². The van der Waals surface area contributed by atoms with Crippen LogP contribution < -0.4 is 0 Å². The summed E-state index contributed by atoms with van der Waals surface area (Å²) in [7, 11) is 0. The molecule has 0 radical (unpaired) electrons. The van der Waals surface area contributed by atoms with E-state index in [1.54, 1.807) is 12.1 Å². The van der Waals surface area contributed by atoms with Crippen molar-refractivity contribution in [2.45, 2.75) is 31.8 Å². The molecule has 5 nitrogen and oxygen atoms in total. The van der Waals surface area contributed by atoms with Crippen molar-refractivity contribution >= 4 is 12.0 Å². The Kier molecular flexibility index (Phi) is 4.04. The SMILES string of the molecule is O=CC1CCCCN1Cc1ccc([N+](=O)[O-])cc1. The standard InChI is InChI=1S/C13H16N2O3/c16-10-13-3-1-2-8-14(13)9-11-4-6-12(7-5-11)15(17)18/h4-7,10,13H,1-3,8-9H2. The Balaban J connectivity index is 2.03. The molecule has 1 fully saturated rings. The minimum Gasteiger partial charge on any atom is -0.302 e. The number of nitro benzene ring substituents is 1. The van der Waals surface area contributed by atoms with Gasteiger partial charge in [-0.1, -0.05) is 18.6 Å². The number of hydrogen-bond acceptors (Lipinski definition) is 4. The number of non-ortho nitro benzene ring substituents is 1. The first-order valence-corrected chi connectivity index (χ1v) is 6.13. The van der Waals surface area contributed by atoms with Gasteiger partial charge >= 0.3 is 0 Å². The highest BCUT2D eigenvalue weighted by atomic mass is 16.6. The van der Waals surface area contributed by atoms with Crippen molar-refractivity contribution in [1.29, 1.82) is 0 Å². The second-order valence-corrected chi connectivity index (χ2v) is 4.59. The summed E-state index contributed by atoms with van der Waals surface area (Å²) < 4.78 is 0. The maximum absolute atomic E-state index is 11.0. The molecule has 1 atom stereocenters. The molecule has 1 saturated heterocycles. The highest BCUT2D eigenvalue weighted by molar-refractivity contribution is 5.57. The predicted molar refractivity (Wildman–Crippen MR) is 67.2 cm³/mol. The lowest BCUT2D eigenvalue weighted by Gasteiger charge is -2.32. The zero-order chi connectivity index (χ0) is 13.0. The molecule has 0 N–H and O–H groups in total. The fourth-order valence-corrected chi connectivity index (χ4v) is 2.32. The van der Waals surface area contributed by atoms with Crippen molar-refractivity contribution in [3.63, 3.8) is 0 Å². The topological polar surface area (TPSA) is 63.5 Å². The summed E-state index contributed by atoms with van der Waals surface area (Å²) in [5, 5.41) is 10.5. The zero-order valence-electron chi connectivity index (χ0n) is 10.1. The number of nitro groups is 1. The first-order chi connectivity index (χ1) is 8.70. The normalized spacial score (nSPS) is 20.6. The lowest BCUT2D eigenvalue weighted by atomic mass is 10.0. The molecule has 0 aliphatic carbocycles. The van der Waals surface area contributed by atoms with Crippen LogP contribution >= 0.6 is 0 Å². The maximum atomic E-state index is 11.0. The molecule has 2 rings (SSSR count). The molecule has 5 heteroatoms. The molecule has 0 spiro atoms. The van der Waals surface area contributed by atoms with Gasteiger partial charge in [-0.15, -0.1) is 0 Å². The van der Waals surface area contributed by atoms with E-state index in [2.05, 4.69) is 4.90 Å². The number of benzene rings is 1. The Bertz CT molecular complexity index is 430. The van der Waals surface area contributed by atoms with Crippen LogP contribution in [0.5, 0.6) is 0 Å². The Hall–Kier alpha value is -1.75. The van der Waals surface area contributed by atoms with E-state index in [0.29, 0.717) is 6.54 Å². The number of hydrogen-bond donors (Lipinski definition) is 0. The van der Waals surface area contributed by atoms with Gasteiger partial charge in [0, 0.05) is 18.7 Å². The summed E-state index contributed by atoms with van der Waals surface area (Å²) >= 11 is 0. The summed E-state index contributed by atoms with van der Waals surface area (Å²) in [6, 6.07) is 6.53. The third-order valence-electron chi connectivity index (χ3n) is 3.35. The van der Waals surface area contributed by atoms with E-state index in [9.17, 15) is 14.9 Å². The number of piperidine rings is 1. The molecule has 18 heavy (non-hydrogen) atoms. The highest BCUT2D eigenvalue weighted by Crippen LogP contribution is 2.19. The van der Waals surface area contributed by atoms with E-state index >= 15 is 0 Å². The van der Waals surface area contributed by atoms with Crippen LogP contribution in [0, 0.1) is 10.1 Å². The Labute approximate surface area is 106 Å². The second-order valence-electron chi connectivity index (χ2n) is 4.59. The Morgan fingerprint density at radius 1 is 1.33 bits per heavy atom. The van der Waals surface area contributed by atoms with E-state index in [4.69, 9.17) is 0 Å². The fourth-order valence-electron chi connectivity index (χ4n) is 2.32. The van der Waals surface area contributed by atoms with Crippen molar-refractivity contribution in [2.24, 2.45) is 0 Å². The molecule has 0 amide bonds. The van der Waals surface area contributed by atoms with Crippen molar-refractivity contribution < 1.29 is 9.72 Å².